The molecule has 0 aliphatic carbocycles. The SMILES string of the molecule is O=C(Nc1cccc(C2SCCS2)c1)c1ccc(OCc2cscn2)cc1. The Labute approximate surface area is 170 Å². The van der Waals surface area contributed by atoms with Crippen molar-refractivity contribution >= 4 is 46.5 Å². The molecule has 0 bridgehead atoms. The Morgan fingerprint density at radius 2 is 1.96 bits per heavy atom. The summed E-state index contributed by atoms with van der Waals surface area (Å²) >= 11 is 5.46. The van der Waals surface area contributed by atoms with E-state index in [0.717, 1.165) is 17.1 Å². The molecule has 1 aliphatic heterocycles. The molecule has 4 nitrogen and oxygen atoms in total. The second-order valence-electron chi connectivity index (χ2n) is 5.95. The number of hydrogen-bond donors (Lipinski definition) is 1. The number of nitrogens with zero attached hydrogens (tertiary/aromatic N) is 1. The highest BCUT2D eigenvalue weighted by Crippen LogP contribution is 2.45. The molecule has 0 saturated carbocycles. The van der Waals surface area contributed by atoms with Gasteiger partial charge in [-0.05, 0) is 42.0 Å². The van der Waals surface area contributed by atoms with Gasteiger partial charge in [0.1, 0.15) is 12.4 Å². The number of rotatable bonds is 6. The molecule has 4 rings (SSSR count). The van der Waals surface area contributed by atoms with Gasteiger partial charge < -0.3 is 10.1 Å². The summed E-state index contributed by atoms with van der Waals surface area (Å²) in [7, 11) is 0. The highest BCUT2D eigenvalue weighted by atomic mass is 32.2. The van der Waals surface area contributed by atoms with Crippen LogP contribution in [-0.2, 0) is 6.61 Å². The van der Waals surface area contributed by atoms with E-state index >= 15 is 0 Å². The number of hydrogen-bond acceptors (Lipinski definition) is 6. The maximum atomic E-state index is 12.5. The Balaban J connectivity index is 1.37. The molecule has 1 aliphatic rings. The number of benzene rings is 2. The van der Waals surface area contributed by atoms with Gasteiger partial charge in [-0.15, -0.1) is 34.9 Å². The van der Waals surface area contributed by atoms with Crippen molar-refractivity contribution in [1.29, 1.82) is 0 Å². The van der Waals surface area contributed by atoms with Crippen molar-refractivity contribution in [2.45, 2.75) is 11.2 Å². The molecule has 1 fully saturated rings. The molecule has 0 spiro atoms. The van der Waals surface area contributed by atoms with Crippen LogP contribution < -0.4 is 10.1 Å². The fourth-order valence-corrected chi connectivity index (χ4v) is 6.07. The fraction of sp³-hybridized carbons (Fsp3) is 0.200. The number of thioether (sulfide) groups is 2. The summed E-state index contributed by atoms with van der Waals surface area (Å²) in [6.45, 7) is 0.430. The first-order chi connectivity index (χ1) is 13.3. The van der Waals surface area contributed by atoms with Crippen LogP contribution in [0.3, 0.4) is 0 Å². The topological polar surface area (TPSA) is 51.2 Å². The third kappa shape index (κ3) is 4.86. The molecule has 7 heteroatoms. The highest BCUT2D eigenvalue weighted by Gasteiger charge is 2.18. The molecule has 2 heterocycles. The first kappa shape index (κ1) is 18.4. The predicted octanol–water partition coefficient (Wildman–Crippen LogP) is 5.45. The molecule has 1 aromatic heterocycles. The van der Waals surface area contributed by atoms with E-state index in [1.54, 1.807) is 29.0 Å². The number of anilines is 1. The van der Waals surface area contributed by atoms with Gasteiger partial charge in [0.25, 0.3) is 5.91 Å². The number of carbonyl (C=O) groups excluding carboxylic acids is 1. The summed E-state index contributed by atoms with van der Waals surface area (Å²) in [6.07, 6.45) is 0. The van der Waals surface area contributed by atoms with Gasteiger partial charge in [-0.1, -0.05) is 12.1 Å². The van der Waals surface area contributed by atoms with Crippen molar-refractivity contribution in [2.24, 2.45) is 0 Å². The highest BCUT2D eigenvalue weighted by molar-refractivity contribution is 8.19. The normalized spacial score (nSPS) is 14.2. The second kappa shape index (κ2) is 8.82. The Hall–Kier alpha value is -1.96. The Bertz CT molecular complexity index is 892. The molecule has 27 heavy (non-hydrogen) atoms. The van der Waals surface area contributed by atoms with E-state index in [2.05, 4.69) is 22.4 Å². The molecule has 0 atom stereocenters. The molecule has 0 radical (unpaired) electrons. The van der Waals surface area contributed by atoms with Crippen LogP contribution in [0.4, 0.5) is 5.69 Å². The number of carbonyl (C=O) groups is 1. The van der Waals surface area contributed by atoms with Crippen LogP contribution in [-0.4, -0.2) is 22.4 Å². The summed E-state index contributed by atoms with van der Waals surface area (Å²) in [5, 5.41) is 4.95. The van der Waals surface area contributed by atoms with Crippen LogP contribution in [0.15, 0.2) is 59.4 Å². The van der Waals surface area contributed by atoms with Crippen molar-refractivity contribution in [2.75, 3.05) is 16.8 Å². The lowest BCUT2D eigenvalue weighted by molar-refractivity contribution is 0.102. The van der Waals surface area contributed by atoms with E-state index in [-0.39, 0.29) is 5.91 Å². The standard InChI is InChI=1S/C20H18N2O2S3/c23-19(22-16-3-1-2-15(10-16)20-26-8-9-27-20)14-4-6-18(7-5-14)24-11-17-12-25-13-21-17/h1-7,10,12-13,20H,8-9,11H2,(H,22,23). The average Bonchev–Trinajstić information content (AvgIpc) is 3.41. The summed E-state index contributed by atoms with van der Waals surface area (Å²) in [5.74, 6) is 2.97. The average molecular weight is 415 g/mol. The summed E-state index contributed by atoms with van der Waals surface area (Å²) < 4.78 is 6.15. The van der Waals surface area contributed by atoms with Crippen molar-refractivity contribution < 1.29 is 9.53 Å². The first-order valence-corrected chi connectivity index (χ1v) is 11.6. The monoisotopic (exact) mass is 414 g/mol. The third-order valence-corrected chi connectivity index (χ3v) is 7.76. The minimum Gasteiger partial charge on any atom is -0.487 e. The van der Waals surface area contributed by atoms with E-state index in [1.807, 2.05) is 53.2 Å². The first-order valence-electron chi connectivity index (χ1n) is 8.52. The Morgan fingerprint density at radius 3 is 2.70 bits per heavy atom. The van der Waals surface area contributed by atoms with Crippen molar-refractivity contribution in [3.8, 4) is 5.75 Å². The van der Waals surface area contributed by atoms with Gasteiger partial charge in [-0.25, -0.2) is 4.98 Å². The maximum Gasteiger partial charge on any atom is 0.255 e. The number of amides is 1. The Kier molecular flexibility index (Phi) is 6.01. The van der Waals surface area contributed by atoms with Crippen molar-refractivity contribution in [1.82, 2.24) is 4.98 Å². The molecule has 2 aromatic carbocycles. The van der Waals surface area contributed by atoms with Crippen LogP contribution in [0, 0.1) is 0 Å². The lowest BCUT2D eigenvalue weighted by Crippen LogP contribution is -2.12. The molecule has 1 N–H and O–H groups in total. The largest absolute Gasteiger partial charge is 0.487 e. The zero-order chi connectivity index (χ0) is 18.5. The maximum absolute atomic E-state index is 12.5. The van der Waals surface area contributed by atoms with Gasteiger partial charge in [0.2, 0.25) is 0 Å². The van der Waals surface area contributed by atoms with E-state index in [9.17, 15) is 4.79 Å². The van der Waals surface area contributed by atoms with Crippen LogP contribution in [0.1, 0.15) is 26.2 Å². The van der Waals surface area contributed by atoms with E-state index < -0.39 is 0 Å². The van der Waals surface area contributed by atoms with Gasteiger partial charge in [-0.2, -0.15) is 0 Å². The number of nitrogens with one attached hydrogen (secondary N) is 1. The predicted molar refractivity (Wildman–Crippen MR) is 115 cm³/mol. The lowest BCUT2D eigenvalue weighted by Gasteiger charge is -2.11. The zero-order valence-electron chi connectivity index (χ0n) is 14.5. The minimum absolute atomic E-state index is 0.120. The van der Waals surface area contributed by atoms with Gasteiger partial charge in [-0.3, -0.25) is 4.79 Å². The van der Waals surface area contributed by atoms with Crippen LogP contribution in [0.5, 0.6) is 5.75 Å². The number of ether oxygens (including phenoxy) is 1. The quantitative estimate of drug-likeness (QED) is 0.581. The summed E-state index contributed by atoms with van der Waals surface area (Å²) in [4.78, 5) is 16.7. The van der Waals surface area contributed by atoms with Crippen molar-refractivity contribution in [3.05, 3.63) is 76.2 Å². The van der Waals surface area contributed by atoms with E-state index in [4.69, 9.17) is 4.74 Å². The molecule has 1 amide bonds. The number of thiazole rings is 1. The van der Waals surface area contributed by atoms with Crippen LogP contribution in [0.2, 0.25) is 0 Å². The fourth-order valence-electron chi connectivity index (χ4n) is 2.69. The van der Waals surface area contributed by atoms with Gasteiger partial charge >= 0.3 is 0 Å². The number of aromatic nitrogens is 1. The molecule has 1 saturated heterocycles. The van der Waals surface area contributed by atoms with Gasteiger partial charge in [0.15, 0.2) is 0 Å². The molecular formula is C20H18N2O2S3. The minimum atomic E-state index is -0.120. The molecule has 0 unspecified atom stereocenters. The lowest BCUT2D eigenvalue weighted by atomic mass is 10.2. The molecular weight excluding hydrogens is 396 g/mol. The second-order valence-corrected chi connectivity index (χ2v) is 9.39. The van der Waals surface area contributed by atoms with Gasteiger partial charge in [0, 0.05) is 28.1 Å². The summed E-state index contributed by atoms with van der Waals surface area (Å²) in [5.41, 5.74) is 5.37. The summed E-state index contributed by atoms with van der Waals surface area (Å²) in [6, 6.07) is 15.3. The van der Waals surface area contributed by atoms with Crippen LogP contribution >= 0.6 is 34.9 Å². The van der Waals surface area contributed by atoms with Crippen molar-refractivity contribution in [3.63, 3.8) is 0 Å². The molecule has 138 valence electrons. The van der Waals surface area contributed by atoms with Crippen LogP contribution in [0.25, 0.3) is 0 Å². The van der Waals surface area contributed by atoms with Gasteiger partial charge in [0.05, 0.1) is 15.8 Å². The third-order valence-electron chi connectivity index (χ3n) is 4.03. The Morgan fingerprint density at radius 1 is 1.15 bits per heavy atom. The van der Waals surface area contributed by atoms with E-state index in [0.29, 0.717) is 16.8 Å². The smallest absolute Gasteiger partial charge is 0.255 e. The zero-order valence-corrected chi connectivity index (χ0v) is 16.9. The molecule has 3 aromatic rings. The van der Waals surface area contributed by atoms with E-state index in [1.165, 1.54) is 17.1 Å².